The molecule has 1 aromatic heterocycles. The van der Waals surface area contributed by atoms with Crippen LogP contribution in [0.5, 0.6) is 0 Å². The van der Waals surface area contributed by atoms with Gasteiger partial charge in [-0.2, -0.15) is 4.68 Å². The maximum atomic E-state index is 12.4. The summed E-state index contributed by atoms with van der Waals surface area (Å²) in [7, 11) is 0. The zero-order valence-corrected chi connectivity index (χ0v) is 20.0. The topological polar surface area (TPSA) is 77.1 Å². The zero-order valence-electron chi connectivity index (χ0n) is 17.7. The van der Waals surface area contributed by atoms with E-state index in [2.05, 4.69) is 10.3 Å². The normalized spacial score (nSPS) is 11.7. The van der Waals surface area contributed by atoms with E-state index in [1.165, 1.54) is 4.68 Å². The first kappa shape index (κ1) is 23.8. The van der Waals surface area contributed by atoms with E-state index < -0.39 is 20.1 Å². The van der Waals surface area contributed by atoms with Crippen LogP contribution in [0.4, 0.5) is 0 Å². The first-order chi connectivity index (χ1) is 16.5. The number of allylic oxidation sites excluding steroid dienone is 1. The number of halogens is 3. The van der Waals surface area contributed by atoms with Crippen LogP contribution in [0.3, 0.4) is 0 Å². The number of para-hydroxylation sites is 1. The number of nitrogens with zero attached hydrogens (tertiary/aromatic N) is 5. The van der Waals surface area contributed by atoms with E-state index in [0.717, 1.165) is 11.1 Å². The van der Waals surface area contributed by atoms with Crippen LogP contribution in [-0.2, 0) is 13.1 Å². The van der Waals surface area contributed by atoms with Crippen LogP contribution < -0.4 is 0 Å². The van der Waals surface area contributed by atoms with Gasteiger partial charge in [0.2, 0.25) is 5.82 Å². The minimum atomic E-state index is -0.609. The molecule has 0 aliphatic carbocycles. The monoisotopic (exact) mass is 513 g/mol. The zero-order chi connectivity index (χ0) is 24.1. The van der Waals surface area contributed by atoms with Gasteiger partial charge in [-0.15, -0.1) is 5.10 Å². The summed E-state index contributed by atoms with van der Waals surface area (Å²) >= 11 is 18.2. The van der Waals surface area contributed by atoms with Gasteiger partial charge in [0.25, 0.3) is 0 Å². The highest BCUT2D eigenvalue weighted by Gasteiger charge is 2.32. The number of nitro groups is 1. The molecule has 0 saturated heterocycles. The summed E-state index contributed by atoms with van der Waals surface area (Å²) in [5, 5.41) is 20.4. The van der Waals surface area contributed by atoms with E-state index in [0.29, 0.717) is 24.1 Å². The van der Waals surface area contributed by atoms with E-state index in [9.17, 15) is 10.1 Å². The van der Waals surface area contributed by atoms with Crippen LogP contribution in [0.25, 0.3) is 16.9 Å². The molecular formula is C24H18Cl3N5O2. The highest BCUT2D eigenvalue weighted by atomic mass is 35.5. The summed E-state index contributed by atoms with van der Waals surface area (Å²) < 4.78 is 0.980. The Kier molecular flexibility index (Phi) is 7.47. The Morgan fingerprint density at radius 1 is 0.853 bits per heavy atom. The van der Waals surface area contributed by atoms with Crippen molar-refractivity contribution >= 4 is 51.7 Å². The van der Waals surface area contributed by atoms with E-state index in [1.807, 2.05) is 71.6 Å². The van der Waals surface area contributed by atoms with E-state index in [1.54, 1.807) is 18.2 Å². The lowest BCUT2D eigenvalue weighted by Crippen LogP contribution is -2.28. The largest absolute Gasteiger partial charge is 0.342 e. The second kappa shape index (κ2) is 10.7. The first-order valence-electron chi connectivity index (χ1n) is 10.2. The molecule has 3 aromatic carbocycles. The molecular weight excluding hydrogens is 497 g/mol. The lowest BCUT2D eigenvalue weighted by molar-refractivity contribution is -0.419. The Morgan fingerprint density at radius 3 is 1.91 bits per heavy atom. The van der Waals surface area contributed by atoms with Crippen LogP contribution in [0.15, 0.2) is 100 Å². The summed E-state index contributed by atoms with van der Waals surface area (Å²) in [5.41, 5.74) is 2.52. The van der Waals surface area contributed by atoms with Gasteiger partial charge in [-0.25, -0.2) is 0 Å². The number of aromatic nitrogens is 3. The standard InChI is InChI=1S/C24H18Cl3N5O2/c25-21(23(26)27)22(32(33)34)24(31-20-14-8-7-13-19(20)28-29-31)30(15-17-9-3-1-4-10-17)16-18-11-5-2-6-12-18/h1-14H,15-16H2/b24-22+. The number of hydrogen-bond acceptors (Lipinski definition) is 5. The van der Waals surface area contributed by atoms with Gasteiger partial charge >= 0.3 is 5.70 Å². The maximum Gasteiger partial charge on any atom is 0.332 e. The highest BCUT2D eigenvalue weighted by Crippen LogP contribution is 2.33. The fourth-order valence-electron chi connectivity index (χ4n) is 3.57. The van der Waals surface area contributed by atoms with Crippen LogP contribution in [-0.4, -0.2) is 24.8 Å². The van der Waals surface area contributed by atoms with Gasteiger partial charge in [0.1, 0.15) is 10.0 Å². The molecule has 0 unspecified atom stereocenters. The van der Waals surface area contributed by atoms with Crippen LogP contribution in [0.1, 0.15) is 11.1 Å². The fourth-order valence-corrected chi connectivity index (χ4v) is 3.90. The van der Waals surface area contributed by atoms with Gasteiger partial charge in [0.15, 0.2) is 5.03 Å². The minimum absolute atomic E-state index is 0.0928. The average Bonchev–Trinajstić information content (AvgIpc) is 3.26. The third-order valence-corrected chi connectivity index (χ3v) is 5.99. The number of fused-ring (bicyclic) bond motifs is 1. The third kappa shape index (κ3) is 5.22. The molecule has 0 aliphatic heterocycles. The average molecular weight is 515 g/mol. The second-order valence-corrected chi connectivity index (χ2v) is 8.65. The summed E-state index contributed by atoms with van der Waals surface area (Å²) in [6.07, 6.45) is 0. The number of hydrogen-bond donors (Lipinski definition) is 0. The van der Waals surface area contributed by atoms with Crippen molar-refractivity contribution in [2.45, 2.75) is 13.1 Å². The molecule has 10 heteroatoms. The molecule has 4 aromatic rings. The molecule has 1 heterocycles. The maximum absolute atomic E-state index is 12.4. The SMILES string of the molecule is O=[N+]([O-])/C(C(Cl)=C(Cl)Cl)=C(\N(Cc1ccccc1)Cc1ccccc1)n1nnc2ccccc21. The van der Waals surface area contributed by atoms with Crippen LogP contribution in [0.2, 0.25) is 0 Å². The van der Waals surface area contributed by atoms with Crippen LogP contribution >= 0.6 is 34.8 Å². The molecule has 0 spiro atoms. The Balaban J connectivity index is 2.00. The quantitative estimate of drug-likeness (QED) is 0.154. The summed E-state index contributed by atoms with van der Waals surface area (Å²) in [4.78, 5) is 13.6. The summed E-state index contributed by atoms with van der Waals surface area (Å²) in [5.74, 6) is 0.0928. The Bertz CT molecular complexity index is 1330. The Labute approximate surface area is 210 Å². The number of rotatable bonds is 8. The molecule has 34 heavy (non-hydrogen) atoms. The van der Waals surface area contributed by atoms with E-state index >= 15 is 0 Å². The van der Waals surface area contributed by atoms with Gasteiger partial charge < -0.3 is 4.90 Å². The smallest absolute Gasteiger partial charge is 0.332 e. The fraction of sp³-hybridized carbons (Fsp3) is 0.0833. The predicted octanol–water partition coefficient (Wildman–Crippen LogP) is 6.42. The Morgan fingerprint density at radius 2 is 1.38 bits per heavy atom. The number of benzene rings is 3. The summed E-state index contributed by atoms with van der Waals surface area (Å²) in [6, 6.07) is 26.3. The molecule has 0 radical (unpaired) electrons. The van der Waals surface area contributed by atoms with Gasteiger partial charge in [-0.3, -0.25) is 10.1 Å². The molecule has 0 bridgehead atoms. The van der Waals surface area contributed by atoms with E-state index in [4.69, 9.17) is 34.8 Å². The van der Waals surface area contributed by atoms with Crippen LogP contribution in [0, 0.1) is 10.1 Å². The van der Waals surface area contributed by atoms with Crippen molar-refractivity contribution in [3.8, 4) is 0 Å². The van der Waals surface area contributed by atoms with Crippen molar-refractivity contribution in [2.75, 3.05) is 0 Å². The Hall–Kier alpha value is -3.39. The molecule has 172 valence electrons. The molecule has 4 rings (SSSR count). The van der Waals surface area contributed by atoms with Crippen molar-refractivity contribution in [1.29, 1.82) is 0 Å². The van der Waals surface area contributed by atoms with Crippen molar-refractivity contribution in [2.24, 2.45) is 0 Å². The van der Waals surface area contributed by atoms with E-state index in [-0.39, 0.29) is 5.82 Å². The highest BCUT2D eigenvalue weighted by molar-refractivity contribution is 6.59. The molecule has 0 fully saturated rings. The molecule has 0 saturated carbocycles. The van der Waals surface area contributed by atoms with Gasteiger partial charge in [0.05, 0.1) is 10.4 Å². The third-order valence-electron chi connectivity index (χ3n) is 5.05. The molecule has 0 aliphatic rings. The lowest BCUT2D eigenvalue weighted by Gasteiger charge is -2.27. The predicted molar refractivity (Wildman–Crippen MR) is 134 cm³/mol. The second-order valence-electron chi connectivity index (χ2n) is 7.32. The van der Waals surface area contributed by atoms with Crippen molar-refractivity contribution in [3.05, 3.63) is 121 Å². The molecule has 0 atom stereocenters. The van der Waals surface area contributed by atoms with Gasteiger partial charge in [-0.05, 0) is 23.3 Å². The van der Waals surface area contributed by atoms with Gasteiger partial charge in [-0.1, -0.05) is 113 Å². The first-order valence-corrected chi connectivity index (χ1v) is 11.3. The summed E-state index contributed by atoms with van der Waals surface area (Å²) in [6.45, 7) is 0.640. The van der Waals surface area contributed by atoms with Gasteiger partial charge in [0, 0.05) is 13.1 Å². The van der Waals surface area contributed by atoms with Crippen molar-refractivity contribution < 1.29 is 4.92 Å². The lowest BCUT2D eigenvalue weighted by atomic mass is 10.1. The van der Waals surface area contributed by atoms with Crippen molar-refractivity contribution in [3.63, 3.8) is 0 Å². The molecule has 0 N–H and O–H groups in total. The van der Waals surface area contributed by atoms with Crippen molar-refractivity contribution in [1.82, 2.24) is 19.9 Å². The molecule has 0 amide bonds. The molecule has 7 nitrogen and oxygen atoms in total. The minimum Gasteiger partial charge on any atom is -0.342 e.